The number of aliphatic hydroxyl groups excluding tert-OH is 1. The zero-order valence-electron chi connectivity index (χ0n) is 18.6. The lowest BCUT2D eigenvalue weighted by Gasteiger charge is -2.32. The molecule has 0 aromatic carbocycles. The quantitative estimate of drug-likeness (QED) is 0.206. The van der Waals surface area contributed by atoms with Crippen LogP contribution in [0, 0.1) is 0 Å². The second kappa shape index (κ2) is 17.5. The van der Waals surface area contributed by atoms with E-state index in [4.69, 9.17) is 5.11 Å². The molecule has 1 unspecified atom stereocenters. The normalized spacial score (nSPS) is 13.0. The topological polar surface area (TPSA) is 57.5 Å². The van der Waals surface area contributed by atoms with E-state index in [9.17, 15) is 9.90 Å². The van der Waals surface area contributed by atoms with Gasteiger partial charge in [-0.3, -0.25) is 4.79 Å². The standard InChI is InChI=1S/C23H47NO3/c1-4-5-6-7-8-9-10-11-12-13-14-15-18-22(25)21-24(2,3)20-17-16-19-23(26)27/h22,25H,4-21H2,1-3H3/p+1. The summed E-state index contributed by atoms with van der Waals surface area (Å²) >= 11 is 0. The summed E-state index contributed by atoms with van der Waals surface area (Å²) in [5.74, 6) is -0.715. The predicted octanol–water partition coefficient (Wildman–Crippen LogP) is 5.77. The van der Waals surface area contributed by atoms with Crippen LogP contribution in [0.25, 0.3) is 0 Å². The number of quaternary nitrogens is 1. The molecule has 0 aliphatic rings. The van der Waals surface area contributed by atoms with Crippen LogP contribution in [0.15, 0.2) is 0 Å². The van der Waals surface area contributed by atoms with E-state index in [1.165, 1.54) is 70.6 Å². The van der Waals surface area contributed by atoms with Crippen molar-refractivity contribution in [1.82, 2.24) is 0 Å². The molecule has 27 heavy (non-hydrogen) atoms. The Kier molecular flexibility index (Phi) is 17.1. The first kappa shape index (κ1) is 26.4. The first-order chi connectivity index (χ1) is 12.9. The van der Waals surface area contributed by atoms with Gasteiger partial charge in [0.25, 0.3) is 0 Å². The van der Waals surface area contributed by atoms with Crippen LogP contribution in [0.4, 0.5) is 0 Å². The highest BCUT2D eigenvalue weighted by atomic mass is 16.4. The monoisotopic (exact) mass is 386 g/mol. The van der Waals surface area contributed by atoms with Crippen LogP contribution >= 0.6 is 0 Å². The molecule has 0 aromatic heterocycles. The van der Waals surface area contributed by atoms with Crippen LogP contribution in [-0.4, -0.2) is 54.0 Å². The minimum atomic E-state index is -0.715. The van der Waals surface area contributed by atoms with Crippen LogP contribution in [-0.2, 0) is 4.79 Å². The van der Waals surface area contributed by atoms with Crippen LogP contribution in [0.2, 0.25) is 0 Å². The SMILES string of the molecule is CCCCCCCCCCCCCCC(O)C[N+](C)(C)CCCCC(=O)O. The maximum absolute atomic E-state index is 10.5. The van der Waals surface area contributed by atoms with Gasteiger partial charge in [-0.2, -0.15) is 0 Å². The van der Waals surface area contributed by atoms with Gasteiger partial charge in [0.1, 0.15) is 12.6 Å². The highest BCUT2D eigenvalue weighted by molar-refractivity contribution is 5.66. The molecule has 0 fully saturated rings. The van der Waals surface area contributed by atoms with Gasteiger partial charge in [-0.15, -0.1) is 0 Å². The van der Waals surface area contributed by atoms with Crippen LogP contribution in [0.1, 0.15) is 110 Å². The number of hydrogen-bond donors (Lipinski definition) is 2. The molecule has 0 saturated heterocycles. The fourth-order valence-corrected chi connectivity index (χ4v) is 3.79. The number of carboxylic acids is 1. The molecule has 162 valence electrons. The summed E-state index contributed by atoms with van der Waals surface area (Å²) in [6, 6.07) is 0. The molecule has 1 atom stereocenters. The molecule has 0 rings (SSSR count). The van der Waals surface area contributed by atoms with E-state index in [0.29, 0.717) is 0 Å². The summed E-state index contributed by atoms with van der Waals surface area (Å²) in [7, 11) is 4.26. The number of hydrogen-bond acceptors (Lipinski definition) is 2. The second-order valence-corrected chi connectivity index (χ2v) is 9.02. The van der Waals surface area contributed by atoms with Crippen LogP contribution in [0.5, 0.6) is 0 Å². The van der Waals surface area contributed by atoms with E-state index in [-0.39, 0.29) is 12.5 Å². The van der Waals surface area contributed by atoms with Crippen molar-refractivity contribution in [1.29, 1.82) is 0 Å². The Morgan fingerprint density at radius 2 is 1.26 bits per heavy atom. The van der Waals surface area contributed by atoms with Crippen LogP contribution in [0.3, 0.4) is 0 Å². The number of rotatable bonds is 20. The molecular formula is C23H48NO3+. The zero-order valence-corrected chi connectivity index (χ0v) is 18.6. The largest absolute Gasteiger partial charge is 0.481 e. The fourth-order valence-electron chi connectivity index (χ4n) is 3.79. The summed E-state index contributed by atoms with van der Waals surface area (Å²) in [4.78, 5) is 10.5. The zero-order chi connectivity index (χ0) is 20.4. The van der Waals surface area contributed by atoms with Crippen molar-refractivity contribution in [3.63, 3.8) is 0 Å². The lowest BCUT2D eigenvalue weighted by molar-refractivity contribution is -0.893. The Morgan fingerprint density at radius 3 is 1.74 bits per heavy atom. The Labute approximate surface area is 168 Å². The highest BCUT2D eigenvalue weighted by Gasteiger charge is 2.19. The Balaban J connectivity index is 3.46. The molecule has 0 bridgehead atoms. The first-order valence-electron chi connectivity index (χ1n) is 11.6. The molecule has 0 saturated carbocycles. The maximum Gasteiger partial charge on any atom is 0.303 e. The number of aliphatic carboxylic acids is 1. The summed E-state index contributed by atoms with van der Waals surface area (Å²) in [5, 5.41) is 19.0. The Bertz CT molecular complexity index is 345. The molecule has 0 radical (unpaired) electrons. The summed E-state index contributed by atoms with van der Waals surface area (Å²) < 4.78 is 0.777. The van der Waals surface area contributed by atoms with Crippen molar-refractivity contribution >= 4 is 5.97 Å². The molecule has 4 heteroatoms. The number of carbonyl (C=O) groups is 1. The molecule has 0 aromatic rings. The van der Waals surface area contributed by atoms with E-state index in [1.807, 2.05) is 0 Å². The van der Waals surface area contributed by atoms with Gasteiger partial charge in [-0.1, -0.05) is 84.0 Å². The van der Waals surface area contributed by atoms with Gasteiger partial charge in [-0.05, 0) is 19.3 Å². The molecule has 2 N–H and O–H groups in total. The number of aliphatic hydroxyl groups is 1. The Morgan fingerprint density at radius 1 is 0.778 bits per heavy atom. The fraction of sp³-hybridized carbons (Fsp3) is 0.957. The van der Waals surface area contributed by atoms with E-state index in [1.54, 1.807) is 0 Å². The smallest absolute Gasteiger partial charge is 0.303 e. The van der Waals surface area contributed by atoms with E-state index >= 15 is 0 Å². The summed E-state index contributed by atoms with van der Waals surface area (Å²) in [6.07, 6.45) is 18.7. The molecule has 0 amide bonds. The summed E-state index contributed by atoms with van der Waals surface area (Å²) in [6.45, 7) is 3.97. The van der Waals surface area contributed by atoms with Gasteiger partial charge in [0.2, 0.25) is 0 Å². The molecule has 4 nitrogen and oxygen atoms in total. The number of likely N-dealkylation sites (N-methyl/N-ethyl adjacent to an activating group) is 1. The molecule has 0 aliphatic heterocycles. The highest BCUT2D eigenvalue weighted by Crippen LogP contribution is 2.14. The number of nitrogens with zero attached hydrogens (tertiary/aromatic N) is 1. The van der Waals surface area contributed by atoms with Crippen LogP contribution < -0.4 is 0 Å². The third kappa shape index (κ3) is 19.9. The molecule has 0 spiro atoms. The predicted molar refractivity (Wildman–Crippen MR) is 115 cm³/mol. The van der Waals surface area contributed by atoms with Gasteiger partial charge in [-0.25, -0.2) is 0 Å². The Hall–Kier alpha value is -0.610. The van der Waals surface area contributed by atoms with Crippen molar-refractivity contribution in [3.05, 3.63) is 0 Å². The minimum absolute atomic E-state index is 0.234. The lowest BCUT2D eigenvalue weighted by atomic mass is 10.0. The van der Waals surface area contributed by atoms with Gasteiger partial charge < -0.3 is 14.7 Å². The van der Waals surface area contributed by atoms with E-state index < -0.39 is 5.97 Å². The third-order valence-corrected chi connectivity index (χ3v) is 5.50. The average Bonchev–Trinajstić information content (AvgIpc) is 2.59. The summed E-state index contributed by atoms with van der Waals surface area (Å²) in [5.41, 5.74) is 0. The van der Waals surface area contributed by atoms with Crippen molar-refractivity contribution < 1.29 is 19.5 Å². The maximum atomic E-state index is 10.5. The molecule has 0 aliphatic carbocycles. The van der Waals surface area contributed by atoms with Gasteiger partial charge >= 0.3 is 5.97 Å². The minimum Gasteiger partial charge on any atom is -0.481 e. The second-order valence-electron chi connectivity index (χ2n) is 9.02. The van der Waals surface area contributed by atoms with Gasteiger partial charge in [0, 0.05) is 6.42 Å². The van der Waals surface area contributed by atoms with Gasteiger partial charge in [0.15, 0.2) is 0 Å². The molecular weight excluding hydrogens is 338 g/mol. The van der Waals surface area contributed by atoms with Gasteiger partial charge in [0.05, 0.1) is 20.6 Å². The van der Waals surface area contributed by atoms with Crippen molar-refractivity contribution in [2.24, 2.45) is 0 Å². The van der Waals surface area contributed by atoms with Crippen molar-refractivity contribution in [3.8, 4) is 0 Å². The van der Waals surface area contributed by atoms with E-state index in [2.05, 4.69) is 21.0 Å². The van der Waals surface area contributed by atoms with E-state index in [0.717, 1.165) is 43.3 Å². The van der Waals surface area contributed by atoms with Crippen molar-refractivity contribution in [2.75, 3.05) is 27.2 Å². The first-order valence-corrected chi connectivity index (χ1v) is 11.6. The number of carboxylic acid groups (broad SMARTS) is 1. The van der Waals surface area contributed by atoms with Crippen molar-refractivity contribution in [2.45, 2.75) is 116 Å². The lowest BCUT2D eigenvalue weighted by Crippen LogP contribution is -2.46. The third-order valence-electron chi connectivity index (χ3n) is 5.50. The average molecular weight is 387 g/mol. The number of unbranched alkanes of at least 4 members (excludes halogenated alkanes) is 12. The molecule has 0 heterocycles.